The van der Waals surface area contributed by atoms with Crippen LogP contribution in [-0.4, -0.2) is 33.4 Å². The Kier molecular flexibility index (Phi) is 4.17. The van der Waals surface area contributed by atoms with E-state index in [0.29, 0.717) is 16.7 Å². The molecule has 1 aliphatic carbocycles. The molecule has 6 heteroatoms. The van der Waals surface area contributed by atoms with Crippen LogP contribution < -0.4 is 5.32 Å². The van der Waals surface area contributed by atoms with Gasteiger partial charge in [0.2, 0.25) is 0 Å². The summed E-state index contributed by atoms with van der Waals surface area (Å²) in [6, 6.07) is 0. The average molecular weight is 315 g/mol. The number of hydrogen-bond acceptors (Lipinski definition) is 4. The Balaban J connectivity index is 2.15. The zero-order chi connectivity index (χ0) is 13.2. The molecule has 0 aliphatic heterocycles. The lowest BCUT2D eigenvalue weighted by Gasteiger charge is -2.36. The summed E-state index contributed by atoms with van der Waals surface area (Å²) < 4.78 is 2.08. The Labute approximate surface area is 115 Å². The molecule has 0 saturated heterocycles. The molecule has 0 radical (unpaired) electrons. The van der Waals surface area contributed by atoms with Crippen molar-refractivity contribution in [2.75, 3.05) is 7.05 Å². The molecule has 0 amide bonds. The van der Waals surface area contributed by atoms with Crippen molar-refractivity contribution in [1.82, 2.24) is 20.3 Å². The summed E-state index contributed by atoms with van der Waals surface area (Å²) in [5, 5.41) is 11.1. The highest BCUT2D eigenvalue weighted by Crippen LogP contribution is 2.32. The largest absolute Gasteiger partial charge is 0.314 e. The quantitative estimate of drug-likeness (QED) is 0.864. The van der Waals surface area contributed by atoms with Crippen molar-refractivity contribution in [3.8, 4) is 0 Å². The van der Waals surface area contributed by atoms with Gasteiger partial charge in [-0.15, -0.1) is 5.10 Å². The van der Waals surface area contributed by atoms with Crippen molar-refractivity contribution >= 4 is 21.7 Å². The van der Waals surface area contributed by atoms with E-state index < -0.39 is 0 Å². The Morgan fingerprint density at radius 2 is 2.11 bits per heavy atom. The van der Waals surface area contributed by atoms with Crippen LogP contribution >= 0.6 is 15.9 Å². The van der Waals surface area contributed by atoms with Crippen LogP contribution in [0.15, 0.2) is 4.60 Å². The number of hydrogen-bond donors (Lipinski definition) is 1. The van der Waals surface area contributed by atoms with Gasteiger partial charge in [0, 0.05) is 19.0 Å². The minimum absolute atomic E-state index is 0.0426. The van der Waals surface area contributed by atoms with Crippen LogP contribution in [0, 0.1) is 0 Å². The van der Waals surface area contributed by atoms with Crippen molar-refractivity contribution < 1.29 is 4.79 Å². The molecule has 1 N–H and O–H groups in total. The predicted molar refractivity (Wildman–Crippen MR) is 72.5 cm³/mol. The number of aryl methyl sites for hydroxylation is 1. The molecule has 0 bridgehead atoms. The number of ketones is 1. The molecule has 0 atom stereocenters. The second kappa shape index (κ2) is 5.48. The van der Waals surface area contributed by atoms with E-state index in [1.165, 1.54) is 19.3 Å². The van der Waals surface area contributed by atoms with Crippen molar-refractivity contribution in [2.45, 2.75) is 44.1 Å². The number of halogens is 1. The number of nitrogens with one attached hydrogen (secondary N) is 1. The number of aromatic nitrogens is 3. The Bertz CT molecular complexity index is 418. The molecule has 2 rings (SSSR count). The topological polar surface area (TPSA) is 59.8 Å². The maximum absolute atomic E-state index is 12.4. The van der Waals surface area contributed by atoms with Crippen molar-refractivity contribution in [1.29, 1.82) is 0 Å². The highest BCUT2D eigenvalue weighted by molar-refractivity contribution is 9.10. The van der Waals surface area contributed by atoms with Crippen LogP contribution in [0.1, 0.15) is 49.0 Å². The Morgan fingerprint density at radius 3 is 2.61 bits per heavy atom. The van der Waals surface area contributed by atoms with Crippen molar-refractivity contribution in [3.63, 3.8) is 0 Å². The molecule has 1 saturated carbocycles. The van der Waals surface area contributed by atoms with Crippen molar-refractivity contribution in [3.05, 3.63) is 10.3 Å². The Hall–Kier alpha value is -0.750. The summed E-state index contributed by atoms with van der Waals surface area (Å²) in [4.78, 5) is 12.4. The first-order valence-electron chi connectivity index (χ1n) is 6.35. The van der Waals surface area contributed by atoms with Gasteiger partial charge in [-0.1, -0.05) is 24.5 Å². The lowest BCUT2D eigenvalue weighted by atomic mass is 9.78. The standard InChI is InChI=1S/C12H19BrN4O/c1-14-12(6-4-3-5-7-12)8-9(18)10-11(13)15-16-17(10)2/h14H,3-8H2,1-2H3. The predicted octanol–water partition coefficient (Wildman–Crippen LogP) is 2.07. The highest BCUT2D eigenvalue weighted by Gasteiger charge is 2.34. The zero-order valence-electron chi connectivity index (χ0n) is 10.9. The molecule has 0 aromatic carbocycles. The van der Waals surface area contributed by atoms with E-state index in [2.05, 4.69) is 31.6 Å². The van der Waals surface area contributed by atoms with E-state index in [0.717, 1.165) is 12.8 Å². The first kappa shape index (κ1) is 13.7. The maximum atomic E-state index is 12.4. The third-order valence-electron chi connectivity index (χ3n) is 3.89. The number of carbonyl (C=O) groups excluding carboxylic acids is 1. The molecule has 0 unspecified atom stereocenters. The molecule has 1 aromatic heterocycles. The summed E-state index contributed by atoms with van der Waals surface area (Å²) in [5.41, 5.74) is 0.522. The zero-order valence-corrected chi connectivity index (χ0v) is 12.5. The van der Waals surface area contributed by atoms with Crippen LogP contribution in [0.3, 0.4) is 0 Å². The van der Waals surface area contributed by atoms with E-state index in [1.807, 2.05) is 7.05 Å². The molecule has 1 fully saturated rings. The van der Waals surface area contributed by atoms with Crippen LogP contribution in [0.5, 0.6) is 0 Å². The van der Waals surface area contributed by atoms with Crippen LogP contribution in [0.4, 0.5) is 0 Å². The van der Waals surface area contributed by atoms with Crippen molar-refractivity contribution in [2.24, 2.45) is 7.05 Å². The normalized spacial score (nSPS) is 18.8. The summed E-state index contributed by atoms with van der Waals surface area (Å²) in [6.07, 6.45) is 6.31. The van der Waals surface area contributed by atoms with Crippen LogP contribution in [-0.2, 0) is 7.05 Å². The fraction of sp³-hybridized carbons (Fsp3) is 0.750. The van der Waals surface area contributed by atoms with E-state index in [-0.39, 0.29) is 11.3 Å². The summed E-state index contributed by atoms with van der Waals surface area (Å²) in [5.74, 6) is 0.102. The number of rotatable bonds is 4. The fourth-order valence-corrected chi connectivity index (χ4v) is 3.31. The monoisotopic (exact) mass is 314 g/mol. The Morgan fingerprint density at radius 1 is 1.44 bits per heavy atom. The number of Topliss-reactive ketones (excluding diaryl/α,β-unsaturated/α-hetero) is 1. The minimum Gasteiger partial charge on any atom is -0.314 e. The van der Waals surface area contributed by atoms with Gasteiger partial charge in [-0.3, -0.25) is 4.79 Å². The van der Waals surface area contributed by atoms with Gasteiger partial charge < -0.3 is 5.32 Å². The maximum Gasteiger partial charge on any atom is 0.185 e. The number of nitrogens with zero attached hydrogens (tertiary/aromatic N) is 3. The van der Waals surface area contributed by atoms with Gasteiger partial charge in [0.1, 0.15) is 5.69 Å². The molecular weight excluding hydrogens is 296 g/mol. The van der Waals surface area contributed by atoms with Gasteiger partial charge in [-0.25, -0.2) is 4.68 Å². The molecule has 1 aliphatic rings. The van der Waals surface area contributed by atoms with E-state index in [1.54, 1.807) is 11.7 Å². The first-order chi connectivity index (χ1) is 8.58. The summed E-state index contributed by atoms with van der Waals surface area (Å²) >= 11 is 3.29. The lowest BCUT2D eigenvalue weighted by molar-refractivity contribution is 0.0904. The summed E-state index contributed by atoms with van der Waals surface area (Å²) in [6.45, 7) is 0. The van der Waals surface area contributed by atoms with Gasteiger partial charge in [-0.2, -0.15) is 0 Å². The molecule has 1 heterocycles. The second-order valence-corrected chi connectivity index (χ2v) is 5.79. The first-order valence-corrected chi connectivity index (χ1v) is 7.14. The highest BCUT2D eigenvalue weighted by atomic mass is 79.9. The SMILES string of the molecule is CNC1(CC(=O)c2c(Br)nnn2C)CCCCC1. The smallest absolute Gasteiger partial charge is 0.185 e. The lowest BCUT2D eigenvalue weighted by Crippen LogP contribution is -2.46. The van der Waals surface area contributed by atoms with E-state index in [4.69, 9.17) is 0 Å². The van der Waals surface area contributed by atoms with Gasteiger partial charge in [-0.05, 0) is 35.8 Å². The average Bonchev–Trinajstić information content (AvgIpc) is 2.70. The number of carbonyl (C=O) groups is 1. The molecule has 1 aromatic rings. The molecule has 5 nitrogen and oxygen atoms in total. The van der Waals surface area contributed by atoms with Crippen LogP contribution in [0.25, 0.3) is 0 Å². The van der Waals surface area contributed by atoms with Crippen LogP contribution in [0.2, 0.25) is 0 Å². The van der Waals surface area contributed by atoms with E-state index >= 15 is 0 Å². The fourth-order valence-electron chi connectivity index (χ4n) is 2.76. The van der Waals surface area contributed by atoms with Gasteiger partial charge in [0.15, 0.2) is 10.4 Å². The molecule has 100 valence electrons. The third-order valence-corrected chi connectivity index (χ3v) is 4.42. The molecule has 18 heavy (non-hydrogen) atoms. The minimum atomic E-state index is -0.0426. The summed E-state index contributed by atoms with van der Waals surface area (Å²) in [7, 11) is 3.70. The van der Waals surface area contributed by atoms with Gasteiger partial charge in [0.25, 0.3) is 0 Å². The second-order valence-electron chi connectivity index (χ2n) is 5.04. The molecule has 0 spiro atoms. The van der Waals surface area contributed by atoms with Gasteiger partial charge in [0.05, 0.1) is 0 Å². The third kappa shape index (κ3) is 2.64. The molecular formula is C12H19BrN4O. The van der Waals surface area contributed by atoms with Gasteiger partial charge >= 0.3 is 0 Å². The van der Waals surface area contributed by atoms with E-state index in [9.17, 15) is 4.79 Å².